The minimum absolute atomic E-state index is 0.0640. The van der Waals surface area contributed by atoms with Crippen LogP contribution in [-0.4, -0.2) is 20.9 Å². The molecule has 0 aliphatic carbocycles. The number of hydrogen-bond donors (Lipinski definition) is 2. The van der Waals surface area contributed by atoms with Gasteiger partial charge in [0.15, 0.2) is 5.43 Å². The third-order valence-corrected chi connectivity index (χ3v) is 6.56. The fourth-order valence-electron chi connectivity index (χ4n) is 4.59. The standard InChI is InChI=1S/C28H24ClN3O4/c1-14-9-20(16(3)30-24-8-6-19(29)12-21(24)28(34)35)27-22(10-14)25(33)15(2)26(36-27)17-5-7-23-18(11-17)13-32(4)31-23/h5-13,16,30H,1-4H3,(H,34,35)/t16-/m1/s1. The third-order valence-electron chi connectivity index (χ3n) is 6.32. The first-order chi connectivity index (χ1) is 17.1. The van der Waals surface area contributed by atoms with Gasteiger partial charge in [0, 0.05) is 46.0 Å². The van der Waals surface area contributed by atoms with Crippen LogP contribution in [0.1, 0.15) is 40.0 Å². The number of fused-ring (bicyclic) bond motifs is 2. The van der Waals surface area contributed by atoms with Gasteiger partial charge >= 0.3 is 5.97 Å². The van der Waals surface area contributed by atoms with Crippen molar-refractivity contribution in [2.24, 2.45) is 7.05 Å². The zero-order valence-corrected chi connectivity index (χ0v) is 21.0. The Balaban J connectivity index is 1.67. The molecule has 0 aliphatic rings. The summed E-state index contributed by atoms with van der Waals surface area (Å²) in [5.74, 6) is -0.593. The van der Waals surface area contributed by atoms with Gasteiger partial charge < -0.3 is 14.8 Å². The Morgan fingerprint density at radius 3 is 2.67 bits per heavy atom. The van der Waals surface area contributed by atoms with Crippen molar-refractivity contribution < 1.29 is 14.3 Å². The van der Waals surface area contributed by atoms with Gasteiger partial charge in [-0.25, -0.2) is 4.79 Å². The van der Waals surface area contributed by atoms with Crippen molar-refractivity contribution in [3.05, 3.63) is 92.2 Å². The molecule has 0 unspecified atom stereocenters. The van der Waals surface area contributed by atoms with Gasteiger partial charge in [0.05, 0.1) is 22.5 Å². The summed E-state index contributed by atoms with van der Waals surface area (Å²) in [5.41, 5.74) is 4.65. The van der Waals surface area contributed by atoms with E-state index in [4.69, 9.17) is 16.0 Å². The average Bonchev–Trinajstić information content (AvgIpc) is 3.21. The minimum atomic E-state index is -1.09. The molecule has 2 aromatic heterocycles. The van der Waals surface area contributed by atoms with Crippen molar-refractivity contribution in [3.63, 3.8) is 0 Å². The molecule has 5 aromatic rings. The smallest absolute Gasteiger partial charge is 0.337 e. The number of nitrogens with zero attached hydrogens (tertiary/aromatic N) is 2. The van der Waals surface area contributed by atoms with Gasteiger partial charge in [-0.05, 0) is 68.8 Å². The van der Waals surface area contributed by atoms with E-state index >= 15 is 0 Å². The van der Waals surface area contributed by atoms with Crippen LogP contribution in [0.15, 0.2) is 63.9 Å². The molecule has 0 amide bonds. The zero-order valence-electron chi connectivity index (χ0n) is 20.2. The number of aryl methyl sites for hydroxylation is 2. The molecule has 36 heavy (non-hydrogen) atoms. The second kappa shape index (κ2) is 8.84. The number of anilines is 1. The number of carboxylic acids is 1. The summed E-state index contributed by atoms with van der Waals surface area (Å²) in [6, 6.07) is 13.8. The van der Waals surface area contributed by atoms with E-state index in [0.717, 1.165) is 27.6 Å². The number of carbonyl (C=O) groups is 1. The molecule has 0 radical (unpaired) electrons. The maximum Gasteiger partial charge on any atom is 0.337 e. The van der Waals surface area contributed by atoms with Crippen LogP contribution >= 0.6 is 11.6 Å². The number of benzene rings is 3. The lowest BCUT2D eigenvalue weighted by Crippen LogP contribution is -2.14. The van der Waals surface area contributed by atoms with E-state index in [1.54, 1.807) is 23.7 Å². The highest BCUT2D eigenvalue weighted by Crippen LogP contribution is 2.34. The Labute approximate surface area is 211 Å². The number of halogens is 1. The average molecular weight is 502 g/mol. The lowest BCUT2D eigenvalue weighted by molar-refractivity contribution is 0.0698. The van der Waals surface area contributed by atoms with E-state index in [1.807, 2.05) is 57.4 Å². The van der Waals surface area contributed by atoms with Crippen LogP contribution < -0.4 is 10.7 Å². The van der Waals surface area contributed by atoms with E-state index in [-0.39, 0.29) is 17.0 Å². The van der Waals surface area contributed by atoms with Crippen LogP contribution in [0.25, 0.3) is 33.2 Å². The summed E-state index contributed by atoms with van der Waals surface area (Å²) in [6.07, 6.45) is 1.92. The van der Waals surface area contributed by atoms with Gasteiger partial charge in [-0.1, -0.05) is 17.7 Å². The molecule has 5 rings (SSSR count). The molecule has 3 aromatic carbocycles. The van der Waals surface area contributed by atoms with Crippen LogP contribution in [0.2, 0.25) is 5.02 Å². The summed E-state index contributed by atoms with van der Waals surface area (Å²) in [4.78, 5) is 25.2. The second-order valence-corrected chi connectivity index (χ2v) is 9.49. The van der Waals surface area contributed by atoms with Crippen molar-refractivity contribution in [2.75, 3.05) is 5.32 Å². The van der Waals surface area contributed by atoms with Crippen molar-refractivity contribution in [1.82, 2.24) is 9.78 Å². The Bertz CT molecular complexity index is 1740. The number of nitrogens with one attached hydrogen (secondary N) is 1. The maximum absolute atomic E-state index is 13.5. The van der Waals surface area contributed by atoms with Crippen molar-refractivity contribution in [2.45, 2.75) is 26.8 Å². The summed E-state index contributed by atoms with van der Waals surface area (Å²) in [5, 5.41) is 19.1. The SMILES string of the molecule is Cc1cc([C@@H](C)Nc2ccc(Cl)cc2C(=O)O)c2oc(-c3ccc4nn(C)cc4c3)c(C)c(=O)c2c1. The summed E-state index contributed by atoms with van der Waals surface area (Å²) >= 11 is 6.01. The number of rotatable bonds is 5. The molecule has 2 heterocycles. The number of aromatic carboxylic acids is 1. The monoisotopic (exact) mass is 501 g/mol. The van der Waals surface area contributed by atoms with E-state index in [1.165, 1.54) is 6.07 Å². The number of aromatic nitrogens is 2. The molecular formula is C28H24ClN3O4. The van der Waals surface area contributed by atoms with E-state index < -0.39 is 5.97 Å². The Morgan fingerprint density at radius 1 is 1.14 bits per heavy atom. The van der Waals surface area contributed by atoms with Crippen LogP contribution in [0.3, 0.4) is 0 Å². The van der Waals surface area contributed by atoms with Crippen molar-refractivity contribution >= 4 is 45.1 Å². The lowest BCUT2D eigenvalue weighted by atomic mass is 9.98. The number of hydrogen-bond acceptors (Lipinski definition) is 5. The summed E-state index contributed by atoms with van der Waals surface area (Å²) in [6.45, 7) is 5.58. The lowest BCUT2D eigenvalue weighted by Gasteiger charge is -2.20. The predicted molar refractivity (Wildman–Crippen MR) is 142 cm³/mol. The van der Waals surface area contributed by atoms with Gasteiger partial charge in [-0.2, -0.15) is 5.10 Å². The first-order valence-corrected chi connectivity index (χ1v) is 11.8. The maximum atomic E-state index is 13.5. The van der Waals surface area contributed by atoms with Crippen LogP contribution in [-0.2, 0) is 7.05 Å². The first kappa shape index (κ1) is 23.6. The minimum Gasteiger partial charge on any atom is -0.478 e. The highest BCUT2D eigenvalue weighted by atomic mass is 35.5. The molecule has 0 spiro atoms. The van der Waals surface area contributed by atoms with Crippen LogP contribution in [0.4, 0.5) is 5.69 Å². The molecule has 0 saturated carbocycles. The molecule has 8 heteroatoms. The predicted octanol–water partition coefficient (Wildman–Crippen LogP) is 6.49. The molecule has 0 bridgehead atoms. The molecule has 1 atom stereocenters. The normalized spacial score (nSPS) is 12.2. The Hall–Kier alpha value is -4.10. The summed E-state index contributed by atoms with van der Waals surface area (Å²) < 4.78 is 8.20. The third kappa shape index (κ3) is 4.12. The van der Waals surface area contributed by atoms with Gasteiger partial charge in [-0.15, -0.1) is 0 Å². The molecule has 0 saturated heterocycles. The Morgan fingerprint density at radius 2 is 1.92 bits per heavy atom. The molecule has 0 fully saturated rings. The number of carboxylic acid groups (broad SMARTS) is 1. The van der Waals surface area contributed by atoms with Gasteiger partial charge in [0.25, 0.3) is 0 Å². The molecule has 182 valence electrons. The van der Waals surface area contributed by atoms with Gasteiger partial charge in [0.1, 0.15) is 11.3 Å². The topological polar surface area (TPSA) is 97.4 Å². The zero-order chi connectivity index (χ0) is 25.7. The highest BCUT2D eigenvalue weighted by Gasteiger charge is 2.21. The van der Waals surface area contributed by atoms with E-state index in [9.17, 15) is 14.7 Å². The van der Waals surface area contributed by atoms with Gasteiger partial charge in [-0.3, -0.25) is 9.48 Å². The molecule has 0 aliphatic heterocycles. The fraction of sp³-hybridized carbons (Fsp3) is 0.179. The first-order valence-electron chi connectivity index (χ1n) is 11.4. The highest BCUT2D eigenvalue weighted by molar-refractivity contribution is 6.31. The van der Waals surface area contributed by atoms with Crippen molar-refractivity contribution in [1.29, 1.82) is 0 Å². The van der Waals surface area contributed by atoms with Crippen molar-refractivity contribution in [3.8, 4) is 11.3 Å². The summed E-state index contributed by atoms with van der Waals surface area (Å²) in [7, 11) is 1.86. The van der Waals surface area contributed by atoms with E-state index in [0.29, 0.717) is 33.0 Å². The quantitative estimate of drug-likeness (QED) is 0.286. The largest absolute Gasteiger partial charge is 0.478 e. The molecular weight excluding hydrogens is 478 g/mol. The van der Waals surface area contributed by atoms with Crippen LogP contribution in [0, 0.1) is 13.8 Å². The van der Waals surface area contributed by atoms with Gasteiger partial charge in [0.2, 0.25) is 0 Å². The molecule has 2 N–H and O–H groups in total. The molecule has 7 nitrogen and oxygen atoms in total. The van der Waals surface area contributed by atoms with E-state index in [2.05, 4.69) is 10.4 Å². The second-order valence-electron chi connectivity index (χ2n) is 9.05. The van der Waals surface area contributed by atoms with Crippen LogP contribution in [0.5, 0.6) is 0 Å². The fourth-order valence-corrected chi connectivity index (χ4v) is 4.76. The Kier molecular flexibility index (Phi) is 5.80.